The summed E-state index contributed by atoms with van der Waals surface area (Å²) in [6, 6.07) is 3.49. The number of amides is 1. The van der Waals surface area contributed by atoms with E-state index in [0.29, 0.717) is 11.3 Å². The summed E-state index contributed by atoms with van der Waals surface area (Å²) in [6.45, 7) is 0. The fourth-order valence-electron chi connectivity index (χ4n) is 0.997. The van der Waals surface area contributed by atoms with Crippen molar-refractivity contribution < 1.29 is 4.79 Å². The van der Waals surface area contributed by atoms with Crippen molar-refractivity contribution in [3.8, 4) is 0 Å². The molecule has 2 rings (SSSR count). The van der Waals surface area contributed by atoms with Crippen molar-refractivity contribution in [2.24, 2.45) is 5.73 Å². The molecular weight excluding hydrogens is 156 g/mol. The van der Waals surface area contributed by atoms with Crippen LogP contribution < -0.4 is 5.73 Å². The van der Waals surface area contributed by atoms with Gasteiger partial charge < -0.3 is 5.73 Å². The third kappa shape index (κ3) is 0.833. The number of carbonyl (C=O) groups excluding carboxylic acids is 1. The minimum Gasteiger partial charge on any atom is -0.364 e. The Bertz CT molecular complexity index is 434. The maximum absolute atomic E-state index is 10.8. The second kappa shape index (κ2) is 2.30. The van der Waals surface area contributed by atoms with Crippen LogP contribution >= 0.6 is 0 Å². The third-order valence-corrected chi connectivity index (χ3v) is 1.53. The van der Waals surface area contributed by atoms with Crippen molar-refractivity contribution in [3.63, 3.8) is 0 Å². The van der Waals surface area contributed by atoms with Crippen LogP contribution in [0.15, 0.2) is 24.5 Å². The molecule has 0 aromatic carbocycles. The molecule has 2 aromatic rings. The number of carbonyl (C=O) groups is 1. The minimum atomic E-state index is -0.527. The monoisotopic (exact) mass is 162 g/mol. The molecule has 1 amide bonds. The molecule has 12 heavy (non-hydrogen) atoms. The lowest BCUT2D eigenvalue weighted by Crippen LogP contribution is -2.14. The van der Waals surface area contributed by atoms with Crippen LogP contribution in [-0.2, 0) is 0 Å². The van der Waals surface area contributed by atoms with Gasteiger partial charge in [0.1, 0.15) is 5.69 Å². The Morgan fingerprint density at radius 1 is 1.58 bits per heavy atom. The lowest BCUT2D eigenvalue weighted by atomic mass is 10.5. The smallest absolute Gasteiger partial charge is 0.269 e. The molecule has 0 radical (unpaired) electrons. The van der Waals surface area contributed by atoms with Gasteiger partial charge in [0.2, 0.25) is 0 Å². The van der Waals surface area contributed by atoms with E-state index in [9.17, 15) is 4.79 Å². The zero-order valence-corrected chi connectivity index (χ0v) is 6.14. The van der Waals surface area contributed by atoms with Gasteiger partial charge in [-0.3, -0.25) is 4.79 Å². The van der Waals surface area contributed by atoms with Gasteiger partial charge in [-0.25, -0.2) is 9.50 Å². The van der Waals surface area contributed by atoms with Crippen LogP contribution in [0.25, 0.3) is 5.65 Å². The lowest BCUT2D eigenvalue weighted by molar-refractivity contribution is 0.0993. The van der Waals surface area contributed by atoms with Gasteiger partial charge in [-0.2, -0.15) is 5.10 Å². The Kier molecular flexibility index (Phi) is 1.30. The average molecular weight is 162 g/mol. The predicted octanol–water partition coefficient (Wildman–Crippen LogP) is -0.172. The van der Waals surface area contributed by atoms with Crippen LogP contribution in [0.1, 0.15) is 10.5 Å². The molecule has 60 valence electrons. The van der Waals surface area contributed by atoms with Crippen LogP contribution in [0, 0.1) is 0 Å². The summed E-state index contributed by atoms with van der Waals surface area (Å²) in [7, 11) is 0. The van der Waals surface area contributed by atoms with E-state index in [1.165, 1.54) is 10.7 Å². The van der Waals surface area contributed by atoms with Crippen molar-refractivity contribution in [2.45, 2.75) is 0 Å². The first-order chi connectivity index (χ1) is 5.79. The molecule has 5 nitrogen and oxygen atoms in total. The number of rotatable bonds is 1. The molecule has 0 spiro atoms. The summed E-state index contributed by atoms with van der Waals surface area (Å²) < 4.78 is 1.41. The van der Waals surface area contributed by atoms with Gasteiger partial charge in [-0.1, -0.05) is 0 Å². The van der Waals surface area contributed by atoms with Crippen LogP contribution in [0.2, 0.25) is 0 Å². The van der Waals surface area contributed by atoms with E-state index in [4.69, 9.17) is 5.73 Å². The second-order valence-corrected chi connectivity index (χ2v) is 2.30. The van der Waals surface area contributed by atoms with E-state index in [0.717, 1.165) is 0 Å². The topological polar surface area (TPSA) is 73.3 Å². The van der Waals surface area contributed by atoms with E-state index >= 15 is 0 Å². The Morgan fingerprint density at radius 2 is 2.42 bits per heavy atom. The largest absolute Gasteiger partial charge is 0.364 e. The van der Waals surface area contributed by atoms with E-state index < -0.39 is 5.91 Å². The van der Waals surface area contributed by atoms with Crippen molar-refractivity contribution in [1.82, 2.24) is 14.6 Å². The van der Waals surface area contributed by atoms with Gasteiger partial charge in [0.15, 0.2) is 5.65 Å². The van der Waals surface area contributed by atoms with Gasteiger partial charge in [0.25, 0.3) is 5.91 Å². The normalized spacial score (nSPS) is 10.3. The third-order valence-electron chi connectivity index (χ3n) is 1.53. The van der Waals surface area contributed by atoms with Gasteiger partial charge in [0.05, 0.1) is 6.20 Å². The summed E-state index contributed by atoms with van der Waals surface area (Å²) in [5, 5.41) is 3.92. The first-order valence-electron chi connectivity index (χ1n) is 3.37. The first-order valence-corrected chi connectivity index (χ1v) is 3.37. The molecule has 5 heteroatoms. The highest BCUT2D eigenvalue weighted by molar-refractivity contribution is 5.91. The Labute approximate surface area is 67.8 Å². The molecule has 0 aliphatic carbocycles. The molecule has 0 saturated carbocycles. The molecule has 2 aromatic heterocycles. The fraction of sp³-hybridized carbons (Fsp3) is 0. The number of hydrogen-bond acceptors (Lipinski definition) is 3. The first kappa shape index (κ1) is 6.78. The Hall–Kier alpha value is -1.91. The molecule has 0 bridgehead atoms. The molecule has 2 N–H and O–H groups in total. The Balaban J connectivity index is 2.79. The highest BCUT2D eigenvalue weighted by atomic mass is 16.1. The van der Waals surface area contributed by atoms with Crippen LogP contribution in [-0.4, -0.2) is 20.5 Å². The zero-order chi connectivity index (χ0) is 8.55. The molecule has 0 fully saturated rings. The number of nitrogens with zero attached hydrogens (tertiary/aromatic N) is 3. The molecule has 0 saturated heterocycles. The fourth-order valence-corrected chi connectivity index (χ4v) is 0.997. The van der Waals surface area contributed by atoms with Crippen LogP contribution in [0.3, 0.4) is 0 Å². The number of primary amides is 1. The molecular formula is C7H6N4O. The highest BCUT2D eigenvalue weighted by Gasteiger charge is 2.07. The summed E-state index contributed by atoms with van der Waals surface area (Å²) in [6.07, 6.45) is 2.98. The highest BCUT2D eigenvalue weighted by Crippen LogP contribution is 2.01. The van der Waals surface area contributed by atoms with Crippen LogP contribution in [0.4, 0.5) is 0 Å². The number of aromatic nitrogens is 3. The van der Waals surface area contributed by atoms with Crippen molar-refractivity contribution in [2.75, 3.05) is 0 Å². The van der Waals surface area contributed by atoms with E-state index in [1.54, 1.807) is 18.3 Å². The summed E-state index contributed by atoms with van der Waals surface area (Å²) in [5.74, 6) is -0.527. The van der Waals surface area contributed by atoms with Crippen LogP contribution in [0.5, 0.6) is 0 Å². The van der Waals surface area contributed by atoms with Gasteiger partial charge in [-0.15, -0.1) is 0 Å². The summed E-state index contributed by atoms with van der Waals surface area (Å²) in [5.41, 5.74) is 6.00. The van der Waals surface area contributed by atoms with Crippen molar-refractivity contribution >= 4 is 11.6 Å². The number of imidazole rings is 1. The van der Waals surface area contributed by atoms with Gasteiger partial charge in [0, 0.05) is 6.20 Å². The zero-order valence-electron chi connectivity index (χ0n) is 6.14. The SMILES string of the molecule is NC(=O)c1cnc2cccnn12. The number of fused-ring (bicyclic) bond motifs is 1. The maximum atomic E-state index is 10.8. The minimum absolute atomic E-state index is 0.297. The molecule has 0 unspecified atom stereocenters. The molecule has 0 aliphatic heterocycles. The van der Waals surface area contributed by atoms with Gasteiger partial charge >= 0.3 is 0 Å². The van der Waals surface area contributed by atoms with Crippen molar-refractivity contribution in [3.05, 3.63) is 30.2 Å². The quantitative estimate of drug-likeness (QED) is 0.632. The van der Waals surface area contributed by atoms with E-state index in [2.05, 4.69) is 10.1 Å². The molecule has 0 atom stereocenters. The van der Waals surface area contributed by atoms with E-state index in [-0.39, 0.29) is 0 Å². The second-order valence-electron chi connectivity index (χ2n) is 2.30. The van der Waals surface area contributed by atoms with Crippen molar-refractivity contribution in [1.29, 1.82) is 0 Å². The molecule has 2 heterocycles. The van der Waals surface area contributed by atoms with E-state index in [1.807, 2.05) is 0 Å². The standard InChI is InChI=1S/C7H6N4O/c8-7(12)5-4-9-6-2-1-3-10-11(5)6/h1-4H,(H2,8,12). The molecule has 0 aliphatic rings. The Morgan fingerprint density at radius 3 is 3.17 bits per heavy atom. The number of hydrogen-bond donors (Lipinski definition) is 1. The predicted molar refractivity (Wildman–Crippen MR) is 41.5 cm³/mol. The maximum Gasteiger partial charge on any atom is 0.269 e. The van der Waals surface area contributed by atoms with Gasteiger partial charge in [-0.05, 0) is 12.1 Å². The number of nitrogens with two attached hydrogens (primary N) is 1. The summed E-state index contributed by atoms with van der Waals surface area (Å²) in [4.78, 5) is 14.7. The lowest BCUT2D eigenvalue weighted by Gasteiger charge is -1.92. The average Bonchev–Trinajstić information content (AvgIpc) is 2.47. The summed E-state index contributed by atoms with van der Waals surface area (Å²) >= 11 is 0.